The Balaban J connectivity index is 2.04. The fourth-order valence-electron chi connectivity index (χ4n) is 3.93. The highest BCUT2D eigenvalue weighted by molar-refractivity contribution is 5.17. The molecule has 0 aromatic heterocycles. The van der Waals surface area contributed by atoms with Gasteiger partial charge >= 0.3 is 0 Å². The monoisotopic (exact) mass is 249 g/mol. The predicted molar refractivity (Wildman–Crippen MR) is 72.8 cm³/mol. The quantitative estimate of drug-likeness (QED) is 0.824. The highest BCUT2D eigenvalue weighted by Crippen LogP contribution is 2.57. The topological polar surface area (TPSA) is 44.0 Å². The molecule has 2 rings (SSSR count). The Morgan fingerprint density at radius 2 is 1.83 bits per heavy atom. The fourth-order valence-corrected chi connectivity index (χ4v) is 3.93. The second-order valence-corrected chi connectivity index (χ2v) is 6.99. The highest BCUT2D eigenvalue weighted by Gasteiger charge is 2.58. The molecule has 2 saturated carbocycles. The molecule has 102 valence electrons. The van der Waals surface area contributed by atoms with Crippen LogP contribution in [-0.2, 0) is 0 Å². The molecule has 2 heteroatoms. The van der Waals surface area contributed by atoms with Gasteiger partial charge in [0.25, 0.3) is 0 Å². The van der Waals surface area contributed by atoms with Crippen molar-refractivity contribution in [3.05, 3.63) is 0 Å². The average Bonchev–Trinajstić information content (AvgIpc) is 2.34. The molecule has 0 atom stereocenters. The molecule has 0 heterocycles. The van der Waals surface area contributed by atoms with Crippen molar-refractivity contribution < 1.29 is 5.11 Å². The molecule has 1 N–H and O–H groups in total. The number of hydrogen-bond acceptors (Lipinski definition) is 2. The summed E-state index contributed by atoms with van der Waals surface area (Å²) in [7, 11) is 0. The van der Waals surface area contributed by atoms with Crippen LogP contribution in [0.4, 0.5) is 0 Å². The molecule has 2 nitrogen and oxygen atoms in total. The Morgan fingerprint density at radius 3 is 2.22 bits per heavy atom. The van der Waals surface area contributed by atoms with Crippen LogP contribution < -0.4 is 0 Å². The van der Waals surface area contributed by atoms with E-state index in [1.807, 2.05) is 0 Å². The molecule has 0 unspecified atom stereocenters. The molecule has 0 aliphatic heterocycles. The first-order valence-electron chi connectivity index (χ1n) is 7.60. The van der Waals surface area contributed by atoms with Crippen molar-refractivity contribution in [2.45, 2.75) is 71.3 Å². The molecule has 2 fully saturated rings. The van der Waals surface area contributed by atoms with E-state index in [0.29, 0.717) is 11.8 Å². The van der Waals surface area contributed by atoms with Crippen molar-refractivity contribution >= 4 is 0 Å². The van der Waals surface area contributed by atoms with E-state index in [1.54, 1.807) is 0 Å². The van der Waals surface area contributed by atoms with E-state index in [9.17, 15) is 10.4 Å². The normalized spacial score (nSPS) is 44.4. The first-order chi connectivity index (χ1) is 8.46. The third-order valence-corrected chi connectivity index (χ3v) is 5.78. The summed E-state index contributed by atoms with van der Waals surface area (Å²) in [5.74, 6) is 2.02. The van der Waals surface area contributed by atoms with Gasteiger partial charge in [-0.1, -0.05) is 27.2 Å². The molecule has 0 aromatic carbocycles. The van der Waals surface area contributed by atoms with E-state index in [4.69, 9.17) is 0 Å². The summed E-state index contributed by atoms with van der Waals surface area (Å²) in [6.45, 7) is 6.67. The van der Waals surface area contributed by atoms with Crippen LogP contribution in [-0.4, -0.2) is 10.7 Å². The fraction of sp³-hybridized carbons (Fsp3) is 0.938. The molecule has 0 amide bonds. The summed E-state index contributed by atoms with van der Waals surface area (Å²) in [6, 6.07) is 2.51. The molecule has 2 aliphatic rings. The number of hydrogen-bond donors (Lipinski definition) is 1. The number of nitrogens with zero attached hydrogens (tertiary/aromatic N) is 1. The lowest BCUT2D eigenvalue weighted by Gasteiger charge is -2.56. The number of nitriles is 1. The van der Waals surface area contributed by atoms with E-state index in [2.05, 4.69) is 26.8 Å². The Morgan fingerprint density at radius 1 is 1.28 bits per heavy atom. The van der Waals surface area contributed by atoms with Crippen LogP contribution in [0.1, 0.15) is 65.7 Å². The third-order valence-electron chi connectivity index (χ3n) is 5.78. The standard InChI is InChI=1S/C16H27NO/c1-4-13-5-7-15(11-17,8-6-13)16(18)9-14(10-16)12(2)3/h12-14,18H,4-10H2,1-3H3. The van der Waals surface area contributed by atoms with Gasteiger partial charge in [-0.05, 0) is 56.3 Å². The first kappa shape index (κ1) is 13.9. The van der Waals surface area contributed by atoms with Crippen LogP contribution in [0.25, 0.3) is 0 Å². The largest absolute Gasteiger partial charge is 0.388 e. The van der Waals surface area contributed by atoms with Gasteiger partial charge < -0.3 is 5.11 Å². The minimum Gasteiger partial charge on any atom is -0.388 e. The van der Waals surface area contributed by atoms with Gasteiger partial charge in [-0.2, -0.15) is 5.26 Å². The van der Waals surface area contributed by atoms with Gasteiger partial charge in [0, 0.05) is 0 Å². The maximum absolute atomic E-state index is 10.8. The molecular formula is C16H27NO. The van der Waals surface area contributed by atoms with Crippen LogP contribution in [0, 0.1) is 34.5 Å². The second kappa shape index (κ2) is 4.85. The summed E-state index contributed by atoms with van der Waals surface area (Å²) in [6.07, 6.45) is 6.96. The zero-order valence-corrected chi connectivity index (χ0v) is 12.1. The lowest BCUT2D eigenvalue weighted by Crippen LogP contribution is -2.58. The number of rotatable bonds is 3. The predicted octanol–water partition coefficient (Wildman–Crippen LogP) is 3.89. The van der Waals surface area contributed by atoms with Gasteiger partial charge in [0.05, 0.1) is 17.1 Å². The Hall–Kier alpha value is -0.550. The van der Waals surface area contributed by atoms with Gasteiger partial charge in [-0.25, -0.2) is 0 Å². The van der Waals surface area contributed by atoms with Crippen molar-refractivity contribution in [2.75, 3.05) is 0 Å². The van der Waals surface area contributed by atoms with E-state index < -0.39 is 11.0 Å². The maximum Gasteiger partial charge on any atom is 0.0860 e. The lowest BCUT2D eigenvalue weighted by atomic mass is 9.51. The molecule has 0 aromatic rings. The molecule has 0 spiro atoms. The van der Waals surface area contributed by atoms with Gasteiger partial charge in [-0.3, -0.25) is 0 Å². The maximum atomic E-state index is 10.8. The van der Waals surface area contributed by atoms with Crippen molar-refractivity contribution in [1.82, 2.24) is 0 Å². The highest BCUT2D eigenvalue weighted by atomic mass is 16.3. The van der Waals surface area contributed by atoms with Crippen LogP contribution >= 0.6 is 0 Å². The Labute approximate surface area is 111 Å². The smallest absolute Gasteiger partial charge is 0.0860 e. The van der Waals surface area contributed by atoms with Crippen LogP contribution in [0.15, 0.2) is 0 Å². The molecule has 18 heavy (non-hydrogen) atoms. The summed E-state index contributed by atoms with van der Waals surface area (Å²) < 4.78 is 0. The summed E-state index contributed by atoms with van der Waals surface area (Å²) in [5.41, 5.74) is -1.13. The molecule has 0 radical (unpaired) electrons. The van der Waals surface area contributed by atoms with Crippen molar-refractivity contribution in [1.29, 1.82) is 5.26 Å². The molecule has 0 saturated heterocycles. The molecule has 2 aliphatic carbocycles. The zero-order chi connectivity index (χ0) is 13.4. The van der Waals surface area contributed by atoms with E-state index in [0.717, 1.165) is 44.4 Å². The second-order valence-electron chi connectivity index (χ2n) is 6.99. The van der Waals surface area contributed by atoms with Crippen LogP contribution in [0.2, 0.25) is 0 Å². The van der Waals surface area contributed by atoms with Gasteiger partial charge in [0.1, 0.15) is 0 Å². The molecular weight excluding hydrogens is 222 g/mol. The Bertz CT molecular complexity index is 327. The minimum atomic E-state index is -0.685. The van der Waals surface area contributed by atoms with Crippen molar-refractivity contribution in [2.24, 2.45) is 23.2 Å². The van der Waals surface area contributed by atoms with Crippen LogP contribution in [0.3, 0.4) is 0 Å². The van der Waals surface area contributed by atoms with E-state index in [-0.39, 0.29) is 0 Å². The molecule has 0 bridgehead atoms. The SMILES string of the molecule is CCC1CCC(C#N)(C2(O)CC(C(C)C)C2)CC1. The van der Waals surface area contributed by atoms with Crippen molar-refractivity contribution in [3.8, 4) is 6.07 Å². The van der Waals surface area contributed by atoms with Gasteiger partial charge in [0.2, 0.25) is 0 Å². The summed E-state index contributed by atoms with van der Waals surface area (Å²) >= 11 is 0. The average molecular weight is 249 g/mol. The van der Waals surface area contributed by atoms with Crippen LogP contribution in [0.5, 0.6) is 0 Å². The third kappa shape index (κ3) is 2.07. The van der Waals surface area contributed by atoms with Gasteiger partial charge in [-0.15, -0.1) is 0 Å². The number of aliphatic hydroxyl groups is 1. The van der Waals surface area contributed by atoms with Gasteiger partial charge in [0.15, 0.2) is 0 Å². The summed E-state index contributed by atoms with van der Waals surface area (Å²) in [5, 5.41) is 20.5. The summed E-state index contributed by atoms with van der Waals surface area (Å²) in [4.78, 5) is 0. The Kier molecular flexibility index (Phi) is 3.74. The zero-order valence-electron chi connectivity index (χ0n) is 12.1. The first-order valence-corrected chi connectivity index (χ1v) is 7.60. The van der Waals surface area contributed by atoms with Crippen molar-refractivity contribution in [3.63, 3.8) is 0 Å². The van der Waals surface area contributed by atoms with E-state index in [1.165, 1.54) is 6.42 Å². The van der Waals surface area contributed by atoms with E-state index >= 15 is 0 Å². The lowest BCUT2D eigenvalue weighted by molar-refractivity contribution is -0.168. The minimum absolute atomic E-state index is 0.440.